The molecule has 0 N–H and O–H groups in total. The molecule has 1 atom stereocenters. The predicted molar refractivity (Wildman–Crippen MR) is 104 cm³/mol. The van der Waals surface area contributed by atoms with Crippen LogP contribution in [0.15, 0.2) is 36.8 Å². The highest BCUT2D eigenvalue weighted by Crippen LogP contribution is 2.32. The molecular formula is C20H18N6O3. The number of nitrogens with zero attached hydrogens (tertiary/aromatic N) is 6. The molecule has 0 bridgehead atoms. The Morgan fingerprint density at radius 3 is 2.79 bits per heavy atom. The van der Waals surface area contributed by atoms with Gasteiger partial charge in [0.25, 0.3) is 11.8 Å². The van der Waals surface area contributed by atoms with Crippen LogP contribution in [0.2, 0.25) is 0 Å². The molecule has 1 aliphatic heterocycles. The summed E-state index contributed by atoms with van der Waals surface area (Å²) >= 11 is 0. The number of carbonyl (C=O) groups excluding carboxylic acids is 1. The van der Waals surface area contributed by atoms with Crippen molar-refractivity contribution in [3.63, 3.8) is 0 Å². The summed E-state index contributed by atoms with van der Waals surface area (Å²) in [5.41, 5.74) is 3.28. The van der Waals surface area contributed by atoms with Gasteiger partial charge in [0.1, 0.15) is 6.04 Å². The van der Waals surface area contributed by atoms with Gasteiger partial charge in [0, 0.05) is 11.8 Å². The fraction of sp³-hybridized carbons (Fsp3) is 0.250. The smallest absolute Gasteiger partial charge is 0.260 e. The van der Waals surface area contributed by atoms with Crippen LogP contribution in [0, 0.1) is 11.3 Å². The Labute approximate surface area is 167 Å². The fourth-order valence-electron chi connectivity index (χ4n) is 3.16. The molecule has 0 aliphatic carbocycles. The van der Waals surface area contributed by atoms with Crippen molar-refractivity contribution in [2.75, 3.05) is 19.1 Å². The van der Waals surface area contributed by atoms with E-state index in [0.29, 0.717) is 40.8 Å². The molecule has 3 aromatic rings. The summed E-state index contributed by atoms with van der Waals surface area (Å²) in [6.45, 7) is 2.07. The molecule has 146 valence electrons. The molecule has 4 rings (SSSR count). The Morgan fingerprint density at radius 1 is 1.24 bits per heavy atom. The van der Waals surface area contributed by atoms with E-state index in [2.05, 4.69) is 21.1 Å². The highest BCUT2D eigenvalue weighted by atomic mass is 16.5. The predicted octanol–water partition coefficient (Wildman–Crippen LogP) is 2.60. The van der Waals surface area contributed by atoms with Crippen molar-refractivity contribution in [2.24, 2.45) is 0 Å². The van der Waals surface area contributed by atoms with Crippen molar-refractivity contribution in [1.82, 2.24) is 19.7 Å². The largest absolute Gasteiger partial charge is 0.491 e. The topological polar surface area (TPSA) is 106 Å². The first-order valence-electron chi connectivity index (χ1n) is 8.89. The summed E-state index contributed by atoms with van der Waals surface area (Å²) < 4.78 is 12.0. The average Bonchev–Trinajstić information content (AvgIpc) is 3.37. The molecule has 3 aromatic heterocycles. The number of aromatic nitrogens is 4. The summed E-state index contributed by atoms with van der Waals surface area (Å²) in [6.07, 6.45) is 4.92. The first-order valence-corrected chi connectivity index (χ1v) is 8.89. The Balaban J connectivity index is 1.64. The van der Waals surface area contributed by atoms with Crippen molar-refractivity contribution in [3.8, 4) is 29.0 Å². The van der Waals surface area contributed by atoms with Gasteiger partial charge in [0.2, 0.25) is 0 Å². The van der Waals surface area contributed by atoms with Crippen LogP contribution in [-0.2, 0) is 6.54 Å². The Kier molecular flexibility index (Phi) is 4.60. The van der Waals surface area contributed by atoms with Crippen molar-refractivity contribution < 1.29 is 14.3 Å². The molecule has 1 aliphatic rings. The Morgan fingerprint density at radius 2 is 2.07 bits per heavy atom. The SMILES string of the molecule is COc1cc(-c2ccc3c(n2)CN(c2cnn(C(C)C#N)c2)C3=O)cnc1OC. The standard InChI is InChI=1S/C20H18N6O3/c1-12(7-21)26-10-14(9-23-26)25-11-17-15(20(25)27)4-5-16(24-17)13-6-18(28-2)19(29-3)22-8-13/h4-6,8-10,12H,11H2,1-3H3. The lowest BCUT2D eigenvalue weighted by molar-refractivity contribution is 0.0996. The highest BCUT2D eigenvalue weighted by molar-refractivity contribution is 6.09. The third-order valence-electron chi connectivity index (χ3n) is 4.77. The summed E-state index contributed by atoms with van der Waals surface area (Å²) in [7, 11) is 3.07. The number of anilines is 1. The van der Waals surface area contributed by atoms with Gasteiger partial charge in [-0.1, -0.05) is 0 Å². The minimum Gasteiger partial charge on any atom is -0.491 e. The van der Waals surface area contributed by atoms with Crippen molar-refractivity contribution in [1.29, 1.82) is 5.26 Å². The molecule has 0 spiro atoms. The van der Waals surface area contributed by atoms with E-state index in [1.165, 1.54) is 11.8 Å². The van der Waals surface area contributed by atoms with E-state index in [9.17, 15) is 4.79 Å². The number of carbonyl (C=O) groups is 1. The summed E-state index contributed by atoms with van der Waals surface area (Å²) in [6, 6.07) is 7.04. The van der Waals surface area contributed by atoms with Gasteiger partial charge in [0.05, 0.1) is 61.9 Å². The van der Waals surface area contributed by atoms with E-state index < -0.39 is 6.04 Å². The van der Waals surface area contributed by atoms with Gasteiger partial charge in [0.15, 0.2) is 5.75 Å². The highest BCUT2D eigenvalue weighted by Gasteiger charge is 2.31. The number of fused-ring (bicyclic) bond motifs is 1. The van der Waals surface area contributed by atoms with Crippen molar-refractivity contribution in [2.45, 2.75) is 19.5 Å². The van der Waals surface area contributed by atoms with Gasteiger partial charge < -0.3 is 9.47 Å². The molecular weight excluding hydrogens is 372 g/mol. The number of ether oxygens (including phenoxy) is 2. The van der Waals surface area contributed by atoms with Crippen molar-refractivity contribution in [3.05, 3.63) is 48.0 Å². The molecule has 0 aromatic carbocycles. The summed E-state index contributed by atoms with van der Waals surface area (Å²) in [4.78, 5) is 23.3. The van der Waals surface area contributed by atoms with Crippen LogP contribution >= 0.6 is 0 Å². The second-order valence-corrected chi connectivity index (χ2v) is 6.50. The van der Waals surface area contributed by atoms with Crippen LogP contribution in [0.4, 0.5) is 5.69 Å². The van der Waals surface area contributed by atoms with Gasteiger partial charge >= 0.3 is 0 Å². The number of pyridine rings is 2. The first-order chi connectivity index (χ1) is 14.0. The number of nitriles is 1. The summed E-state index contributed by atoms with van der Waals surface area (Å²) in [5, 5.41) is 13.2. The number of rotatable bonds is 5. The van der Waals surface area contributed by atoms with Crippen LogP contribution in [0.3, 0.4) is 0 Å². The fourth-order valence-corrected chi connectivity index (χ4v) is 3.16. The molecule has 9 nitrogen and oxygen atoms in total. The zero-order valence-electron chi connectivity index (χ0n) is 16.2. The van der Waals surface area contributed by atoms with Crippen LogP contribution in [0.25, 0.3) is 11.3 Å². The molecule has 4 heterocycles. The molecule has 0 saturated heterocycles. The van der Waals surface area contributed by atoms with E-state index in [1.807, 2.05) is 0 Å². The monoisotopic (exact) mass is 390 g/mol. The summed E-state index contributed by atoms with van der Waals surface area (Å²) in [5.74, 6) is 0.750. The first kappa shape index (κ1) is 18.4. The number of amides is 1. The lowest BCUT2D eigenvalue weighted by atomic mass is 10.1. The molecule has 0 fully saturated rings. The maximum atomic E-state index is 12.8. The van der Waals surface area contributed by atoms with Gasteiger partial charge in [-0.2, -0.15) is 10.4 Å². The van der Waals surface area contributed by atoms with Gasteiger partial charge in [-0.15, -0.1) is 0 Å². The van der Waals surface area contributed by atoms with Crippen LogP contribution in [0.5, 0.6) is 11.6 Å². The minimum absolute atomic E-state index is 0.145. The lowest BCUT2D eigenvalue weighted by Gasteiger charge is -2.12. The van der Waals surface area contributed by atoms with Crippen molar-refractivity contribution >= 4 is 11.6 Å². The van der Waals surface area contributed by atoms with E-state index >= 15 is 0 Å². The third kappa shape index (κ3) is 3.14. The Bertz CT molecular complexity index is 1130. The third-order valence-corrected chi connectivity index (χ3v) is 4.77. The Hall–Kier alpha value is -3.93. The number of methoxy groups -OCH3 is 2. The molecule has 0 saturated carbocycles. The molecule has 0 radical (unpaired) electrons. The van der Waals surface area contributed by atoms with Gasteiger partial charge in [-0.25, -0.2) is 4.98 Å². The molecule has 1 amide bonds. The van der Waals surface area contributed by atoms with Gasteiger partial charge in [-0.05, 0) is 25.1 Å². The number of hydrogen-bond donors (Lipinski definition) is 0. The van der Waals surface area contributed by atoms with Gasteiger partial charge in [-0.3, -0.25) is 19.4 Å². The normalized spacial score (nSPS) is 13.7. The van der Waals surface area contributed by atoms with Crippen LogP contribution in [-0.4, -0.2) is 39.9 Å². The maximum absolute atomic E-state index is 12.8. The quantitative estimate of drug-likeness (QED) is 0.659. The second-order valence-electron chi connectivity index (χ2n) is 6.50. The van der Waals surface area contributed by atoms with E-state index in [-0.39, 0.29) is 5.91 Å². The zero-order valence-corrected chi connectivity index (χ0v) is 16.2. The number of hydrogen-bond acceptors (Lipinski definition) is 7. The molecule has 1 unspecified atom stereocenters. The van der Waals surface area contributed by atoms with E-state index in [1.54, 1.807) is 55.7 Å². The second kappa shape index (κ2) is 7.24. The minimum atomic E-state index is -0.411. The molecule has 9 heteroatoms. The van der Waals surface area contributed by atoms with E-state index in [0.717, 1.165) is 5.56 Å². The lowest BCUT2D eigenvalue weighted by Crippen LogP contribution is -2.22. The van der Waals surface area contributed by atoms with E-state index in [4.69, 9.17) is 14.7 Å². The molecule has 29 heavy (non-hydrogen) atoms. The zero-order chi connectivity index (χ0) is 20.5. The van der Waals surface area contributed by atoms with Crippen LogP contribution < -0.4 is 14.4 Å². The van der Waals surface area contributed by atoms with Crippen LogP contribution in [0.1, 0.15) is 29.0 Å². The average molecular weight is 390 g/mol. The maximum Gasteiger partial charge on any atom is 0.260 e.